The molecule has 2 aliphatic heterocycles. The quantitative estimate of drug-likeness (QED) is 0.444. The molecule has 0 fully saturated rings. The summed E-state index contributed by atoms with van der Waals surface area (Å²) < 4.78 is 0. The van der Waals surface area contributed by atoms with E-state index in [1.165, 1.54) is 12.1 Å². The van der Waals surface area contributed by atoms with E-state index in [0.29, 0.717) is 12.3 Å². The van der Waals surface area contributed by atoms with Crippen LogP contribution in [0.3, 0.4) is 0 Å². The van der Waals surface area contributed by atoms with Crippen LogP contribution in [-0.2, 0) is 0 Å². The second-order valence-corrected chi connectivity index (χ2v) is 5.70. The lowest BCUT2D eigenvalue weighted by atomic mass is 10.0. The number of hydrogen-bond acceptors (Lipinski definition) is 7. The number of nitro benzene ring substituents is 1. The molecule has 0 saturated heterocycles. The molecule has 2 heterocycles. The molecular formula is C16H14N6O2. The minimum atomic E-state index is -0.426. The second-order valence-electron chi connectivity index (χ2n) is 5.70. The minimum absolute atomic E-state index is 0.0500. The first kappa shape index (κ1) is 14.3. The van der Waals surface area contributed by atoms with E-state index in [-0.39, 0.29) is 11.9 Å². The molecule has 8 heteroatoms. The highest BCUT2D eigenvalue weighted by molar-refractivity contribution is 6.15. The standard InChI is InChI=1S/C16H14N6O2/c17-13-8-21(18)15-11(13)5-6-14-12(15)7-19-16(20-14)9-1-3-10(4-2-9)22(23)24/h1-7,16-17,20H,8,18H2. The number of fused-ring (bicyclic) bond motifs is 3. The fraction of sp³-hybridized carbons (Fsp3) is 0.125. The molecule has 4 N–H and O–H groups in total. The smallest absolute Gasteiger partial charge is 0.269 e. The third kappa shape index (κ3) is 2.12. The van der Waals surface area contributed by atoms with E-state index in [0.717, 1.165) is 28.1 Å². The van der Waals surface area contributed by atoms with Crippen molar-refractivity contribution < 1.29 is 4.92 Å². The Morgan fingerprint density at radius 2 is 2.04 bits per heavy atom. The number of anilines is 2. The van der Waals surface area contributed by atoms with Crippen LogP contribution in [0.15, 0.2) is 41.4 Å². The number of hydrogen-bond donors (Lipinski definition) is 3. The van der Waals surface area contributed by atoms with Gasteiger partial charge in [-0.1, -0.05) is 0 Å². The van der Waals surface area contributed by atoms with Gasteiger partial charge in [-0.05, 0) is 29.8 Å². The maximum atomic E-state index is 10.7. The van der Waals surface area contributed by atoms with Crippen LogP contribution in [0.4, 0.5) is 17.1 Å². The Balaban J connectivity index is 1.68. The normalized spacial score (nSPS) is 18.1. The van der Waals surface area contributed by atoms with E-state index >= 15 is 0 Å². The summed E-state index contributed by atoms with van der Waals surface area (Å²) in [6.45, 7) is 0.380. The molecule has 4 rings (SSSR count). The molecule has 24 heavy (non-hydrogen) atoms. The van der Waals surface area contributed by atoms with Crippen LogP contribution < -0.4 is 16.2 Å². The number of benzene rings is 2. The van der Waals surface area contributed by atoms with Gasteiger partial charge in [0.25, 0.3) is 5.69 Å². The van der Waals surface area contributed by atoms with Gasteiger partial charge in [0.15, 0.2) is 0 Å². The van der Waals surface area contributed by atoms with Gasteiger partial charge in [0.05, 0.1) is 22.9 Å². The third-order valence-corrected chi connectivity index (χ3v) is 4.22. The Morgan fingerprint density at radius 3 is 2.75 bits per heavy atom. The number of nitrogens with one attached hydrogen (secondary N) is 2. The van der Waals surface area contributed by atoms with Gasteiger partial charge in [-0.2, -0.15) is 0 Å². The van der Waals surface area contributed by atoms with Crippen molar-refractivity contribution in [3.05, 3.63) is 63.2 Å². The Bertz CT molecular complexity index is 890. The van der Waals surface area contributed by atoms with Crippen molar-refractivity contribution in [2.75, 3.05) is 16.9 Å². The van der Waals surface area contributed by atoms with E-state index in [1.54, 1.807) is 23.4 Å². The number of aliphatic imine (C=N–C) groups is 1. The lowest BCUT2D eigenvalue weighted by molar-refractivity contribution is -0.384. The maximum absolute atomic E-state index is 10.7. The first-order valence-corrected chi connectivity index (χ1v) is 7.35. The van der Waals surface area contributed by atoms with Gasteiger partial charge in [-0.3, -0.25) is 15.1 Å². The zero-order valence-corrected chi connectivity index (χ0v) is 12.6. The van der Waals surface area contributed by atoms with Crippen molar-refractivity contribution in [2.24, 2.45) is 10.8 Å². The molecule has 1 unspecified atom stereocenters. The van der Waals surface area contributed by atoms with Gasteiger partial charge < -0.3 is 15.7 Å². The van der Waals surface area contributed by atoms with Crippen LogP contribution in [0.2, 0.25) is 0 Å². The molecule has 0 bridgehead atoms. The Labute approximate surface area is 137 Å². The van der Waals surface area contributed by atoms with E-state index in [2.05, 4.69) is 10.3 Å². The highest BCUT2D eigenvalue weighted by Gasteiger charge is 2.28. The average Bonchev–Trinajstić information content (AvgIpc) is 2.89. The molecule has 1 atom stereocenters. The van der Waals surface area contributed by atoms with Crippen molar-refractivity contribution in [3.8, 4) is 0 Å². The molecular weight excluding hydrogens is 308 g/mol. The highest BCUT2D eigenvalue weighted by atomic mass is 16.6. The molecule has 0 amide bonds. The lowest BCUT2D eigenvalue weighted by Crippen LogP contribution is -2.31. The molecule has 120 valence electrons. The first-order chi connectivity index (χ1) is 11.5. The third-order valence-electron chi connectivity index (χ3n) is 4.22. The number of rotatable bonds is 2. The molecule has 0 saturated carbocycles. The largest absolute Gasteiger partial charge is 0.359 e. The van der Waals surface area contributed by atoms with Gasteiger partial charge in [0.2, 0.25) is 0 Å². The van der Waals surface area contributed by atoms with Crippen LogP contribution in [0, 0.1) is 15.5 Å². The molecule has 0 aromatic heterocycles. The molecule has 0 radical (unpaired) electrons. The topological polar surface area (TPSA) is 121 Å². The predicted octanol–water partition coefficient (Wildman–Crippen LogP) is 2.20. The van der Waals surface area contributed by atoms with Gasteiger partial charge in [0.1, 0.15) is 6.17 Å². The number of nitrogens with zero attached hydrogens (tertiary/aromatic N) is 3. The molecule has 0 spiro atoms. The molecule has 0 aliphatic carbocycles. The van der Waals surface area contributed by atoms with Crippen molar-refractivity contribution in [3.63, 3.8) is 0 Å². The summed E-state index contributed by atoms with van der Waals surface area (Å²) in [6.07, 6.45) is 1.43. The molecule has 2 aromatic rings. The summed E-state index contributed by atoms with van der Waals surface area (Å²) >= 11 is 0. The van der Waals surface area contributed by atoms with Crippen LogP contribution >= 0.6 is 0 Å². The lowest BCUT2D eigenvalue weighted by Gasteiger charge is -2.25. The van der Waals surface area contributed by atoms with Crippen molar-refractivity contribution in [2.45, 2.75) is 6.17 Å². The van der Waals surface area contributed by atoms with Crippen LogP contribution in [0.1, 0.15) is 22.9 Å². The zero-order chi connectivity index (χ0) is 16.8. The maximum Gasteiger partial charge on any atom is 0.269 e. The number of hydrazine groups is 1. The summed E-state index contributed by atoms with van der Waals surface area (Å²) in [4.78, 5) is 14.8. The fourth-order valence-electron chi connectivity index (χ4n) is 3.03. The monoisotopic (exact) mass is 322 g/mol. The van der Waals surface area contributed by atoms with Crippen molar-refractivity contribution >= 4 is 29.0 Å². The van der Waals surface area contributed by atoms with Gasteiger partial charge >= 0.3 is 0 Å². The molecule has 2 aromatic carbocycles. The number of nitro groups is 1. The summed E-state index contributed by atoms with van der Waals surface area (Å²) in [5.41, 5.74) is 4.72. The first-order valence-electron chi connectivity index (χ1n) is 7.35. The number of non-ortho nitro benzene ring substituents is 1. The molecule has 2 aliphatic rings. The second kappa shape index (κ2) is 5.14. The van der Waals surface area contributed by atoms with E-state index < -0.39 is 4.92 Å². The summed E-state index contributed by atoms with van der Waals surface area (Å²) in [6, 6.07) is 10.1. The van der Waals surface area contributed by atoms with E-state index in [4.69, 9.17) is 11.3 Å². The van der Waals surface area contributed by atoms with E-state index in [9.17, 15) is 10.1 Å². The summed E-state index contributed by atoms with van der Waals surface area (Å²) in [7, 11) is 0. The fourth-order valence-corrected chi connectivity index (χ4v) is 3.03. The summed E-state index contributed by atoms with van der Waals surface area (Å²) in [5.74, 6) is 5.99. The number of nitrogens with two attached hydrogens (primary N) is 1. The molecule has 8 nitrogen and oxygen atoms in total. The van der Waals surface area contributed by atoms with Gasteiger partial charge in [0, 0.05) is 35.2 Å². The Kier molecular flexibility index (Phi) is 3.07. The zero-order valence-electron chi connectivity index (χ0n) is 12.6. The highest BCUT2D eigenvalue weighted by Crippen LogP contribution is 2.37. The van der Waals surface area contributed by atoms with E-state index in [1.807, 2.05) is 12.1 Å². The van der Waals surface area contributed by atoms with Crippen molar-refractivity contribution in [1.29, 1.82) is 5.41 Å². The van der Waals surface area contributed by atoms with Crippen LogP contribution in [-0.4, -0.2) is 23.4 Å². The van der Waals surface area contributed by atoms with Gasteiger partial charge in [-0.25, -0.2) is 5.84 Å². The summed E-state index contributed by atoms with van der Waals surface area (Å²) in [5, 5.41) is 23.6. The van der Waals surface area contributed by atoms with Crippen molar-refractivity contribution in [1.82, 2.24) is 0 Å². The Hall–Kier alpha value is -3.26. The van der Waals surface area contributed by atoms with Crippen LogP contribution in [0.25, 0.3) is 0 Å². The van der Waals surface area contributed by atoms with Gasteiger partial charge in [-0.15, -0.1) is 0 Å². The minimum Gasteiger partial charge on any atom is -0.359 e. The Morgan fingerprint density at radius 1 is 1.29 bits per heavy atom. The average molecular weight is 322 g/mol. The SMILES string of the molecule is N=C1CN(N)c2c1ccc1c2C=NC(c2ccc([N+](=O)[O-])cc2)N1. The van der Waals surface area contributed by atoms with Crippen LogP contribution in [0.5, 0.6) is 0 Å². The predicted molar refractivity (Wildman–Crippen MR) is 91.9 cm³/mol.